The van der Waals surface area contributed by atoms with Gasteiger partial charge in [-0.15, -0.1) is 0 Å². The third-order valence-corrected chi connectivity index (χ3v) is 3.33. The maximum absolute atomic E-state index is 11.9. The molecule has 0 aliphatic carbocycles. The second kappa shape index (κ2) is 4.87. The van der Waals surface area contributed by atoms with Crippen LogP contribution in [0.5, 0.6) is 0 Å². The van der Waals surface area contributed by atoms with Crippen LogP contribution in [-0.2, 0) is 16.6 Å². The van der Waals surface area contributed by atoms with E-state index >= 15 is 0 Å². The molecular weight excluding hydrogens is 218 g/mol. The molecule has 5 nitrogen and oxygen atoms in total. The fraction of sp³-hybridized carbons (Fsp3) is 0.667. The van der Waals surface area contributed by atoms with Crippen LogP contribution in [0.3, 0.4) is 0 Å². The first-order valence-corrected chi connectivity index (χ1v) is 6.01. The van der Waals surface area contributed by atoms with E-state index in [-0.39, 0.29) is 17.8 Å². The topological polar surface area (TPSA) is 56.1 Å². The molecule has 5 heteroatoms. The SMILES string of the molecule is CCOC(=O)C1CNCC1c1c(C)cnn1C. The molecule has 2 heterocycles. The van der Waals surface area contributed by atoms with Gasteiger partial charge < -0.3 is 10.1 Å². The quantitative estimate of drug-likeness (QED) is 0.782. The molecule has 1 fully saturated rings. The van der Waals surface area contributed by atoms with Crippen LogP contribution in [0.2, 0.25) is 0 Å². The van der Waals surface area contributed by atoms with Gasteiger partial charge in [0.25, 0.3) is 0 Å². The average molecular weight is 237 g/mol. The molecular formula is C12H19N3O2. The average Bonchev–Trinajstić information content (AvgIpc) is 2.86. The molecule has 1 N–H and O–H groups in total. The van der Waals surface area contributed by atoms with Crippen molar-refractivity contribution in [2.24, 2.45) is 13.0 Å². The predicted molar refractivity (Wildman–Crippen MR) is 63.7 cm³/mol. The first-order valence-electron chi connectivity index (χ1n) is 6.01. The Kier molecular flexibility index (Phi) is 3.47. The van der Waals surface area contributed by atoms with Crippen molar-refractivity contribution in [1.29, 1.82) is 0 Å². The predicted octanol–water partition coefficient (Wildman–Crippen LogP) is 0.595. The number of rotatable bonds is 3. The summed E-state index contributed by atoms with van der Waals surface area (Å²) in [6.45, 7) is 5.80. The summed E-state index contributed by atoms with van der Waals surface area (Å²) in [4.78, 5) is 11.9. The zero-order valence-corrected chi connectivity index (χ0v) is 10.6. The van der Waals surface area contributed by atoms with Gasteiger partial charge in [-0.2, -0.15) is 5.10 Å². The van der Waals surface area contributed by atoms with Gasteiger partial charge in [-0.1, -0.05) is 0 Å². The highest BCUT2D eigenvalue weighted by molar-refractivity contribution is 5.74. The van der Waals surface area contributed by atoms with Gasteiger partial charge in [-0.05, 0) is 19.4 Å². The van der Waals surface area contributed by atoms with E-state index in [1.807, 2.05) is 31.8 Å². The van der Waals surface area contributed by atoms with Gasteiger partial charge in [0.1, 0.15) is 0 Å². The molecule has 1 aromatic heterocycles. The number of aryl methyl sites for hydroxylation is 2. The maximum Gasteiger partial charge on any atom is 0.310 e. The Hall–Kier alpha value is -1.36. The van der Waals surface area contributed by atoms with Crippen molar-refractivity contribution >= 4 is 5.97 Å². The molecule has 2 atom stereocenters. The Balaban J connectivity index is 2.23. The molecule has 2 unspecified atom stereocenters. The van der Waals surface area contributed by atoms with Crippen molar-refractivity contribution in [2.45, 2.75) is 19.8 Å². The number of nitrogens with one attached hydrogen (secondary N) is 1. The number of esters is 1. The molecule has 1 aliphatic heterocycles. The van der Waals surface area contributed by atoms with Gasteiger partial charge >= 0.3 is 5.97 Å². The summed E-state index contributed by atoms with van der Waals surface area (Å²) in [5.74, 6) is -0.0336. The van der Waals surface area contributed by atoms with E-state index in [2.05, 4.69) is 10.4 Å². The van der Waals surface area contributed by atoms with Crippen molar-refractivity contribution in [1.82, 2.24) is 15.1 Å². The number of aromatic nitrogens is 2. The summed E-state index contributed by atoms with van der Waals surface area (Å²) in [5.41, 5.74) is 2.27. The van der Waals surface area contributed by atoms with Crippen molar-refractivity contribution in [3.05, 3.63) is 17.5 Å². The number of carbonyl (C=O) groups is 1. The minimum absolute atomic E-state index is 0.0935. The van der Waals surface area contributed by atoms with E-state index in [0.717, 1.165) is 17.8 Å². The second-order valence-electron chi connectivity index (χ2n) is 4.46. The molecule has 1 aliphatic rings. The minimum Gasteiger partial charge on any atom is -0.466 e. The van der Waals surface area contributed by atoms with Crippen LogP contribution in [0.15, 0.2) is 6.20 Å². The Bertz CT molecular complexity index is 394. The molecule has 0 saturated carbocycles. The van der Waals surface area contributed by atoms with Gasteiger partial charge in [0.05, 0.1) is 18.7 Å². The van der Waals surface area contributed by atoms with Crippen molar-refractivity contribution in [2.75, 3.05) is 19.7 Å². The van der Waals surface area contributed by atoms with Crippen LogP contribution < -0.4 is 5.32 Å². The van der Waals surface area contributed by atoms with Gasteiger partial charge in [-0.25, -0.2) is 0 Å². The number of carbonyl (C=O) groups excluding carboxylic acids is 1. The molecule has 0 amide bonds. The lowest BCUT2D eigenvalue weighted by Gasteiger charge is -2.18. The smallest absolute Gasteiger partial charge is 0.310 e. The van der Waals surface area contributed by atoms with Gasteiger partial charge in [0, 0.05) is 31.7 Å². The lowest BCUT2D eigenvalue weighted by molar-refractivity contribution is -0.147. The zero-order valence-electron chi connectivity index (χ0n) is 10.6. The summed E-state index contributed by atoms with van der Waals surface area (Å²) >= 11 is 0. The molecule has 0 spiro atoms. The number of hydrogen-bond acceptors (Lipinski definition) is 4. The third-order valence-electron chi connectivity index (χ3n) is 3.33. The van der Waals surface area contributed by atoms with Crippen LogP contribution in [0, 0.1) is 12.8 Å². The molecule has 94 valence electrons. The highest BCUT2D eigenvalue weighted by atomic mass is 16.5. The monoisotopic (exact) mass is 237 g/mol. The molecule has 0 bridgehead atoms. The molecule has 1 aromatic rings. The summed E-state index contributed by atoms with van der Waals surface area (Å²) < 4.78 is 6.99. The molecule has 1 saturated heterocycles. The maximum atomic E-state index is 11.9. The molecule has 0 radical (unpaired) electrons. The van der Waals surface area contributed by atoms with E-state index in [4.69, 9.17) is 4.74 Å². The summed E-state index contributed by atoms with van der Waals surface area (Å²) in [7, 11) is 1.92. The first-order chi connectivity index (χ1) is 8.15. The lowest BCUT2D eigenvalue weighted by atomic mass is 9.91. The Labute approximate surface area is 101 Å². The van der Waals surface area contributed by atoms with E-state index in [9.17, 15) is 4.79 Å². The summed E-state index contributed by atoms with van der Waals surface area (Å²) in [6.07, 6.45) is 1.84. The van der Waals surface area contributed by atoms with Gasteiger partial charge in [-0.3, -0.25) is 9.48 Å². The van der Waals surface area contributed by atoms with E-state index in [1.165, 1.54) is 0 Å². The minimum atomic E-state index is -0.108. The molecule has 17 heavy (non-hydrogen) atoms. The van der Waals surface area contributed by atoms with Crippen LogP contribution in [-0.4, -0.2) is 35.4 Å². The Morgan fingerprint density at radius 1 is 1.65 bits per heavy atom. The van der Waals surface area contributed by atoms with Crippen molar-refractivity contribution < 1.29 is 9.53 Å². The van der Waals surface area contributed by atoms with E-state index < -0.39 is 0 Å². The van der Waals surface area contributed by atoms with Crippen LogP contribution >= 0.6 is 0 Å². The number of hydrogen-bond donors (Lipinski definition) is 1. The van der Waals surface area contributed by atoms with E-state index in [1.54, 1.807) is 0 Å². The van der Waals surface area contributed by atoms with Crippen molar-refractivity contribution in [3.63, 3.8) is 0 Å². The van der Waals surface area contributed by atoms with E-state index in [0.29, 0.717) is 13.2 Å². The Morgan fingerprint density at radius 2 is 2.41 bits per heavy atom. The Morgan fingerprint density at radius 3 is 3.00 bits per heavy atom. The zero-order chi connectivity index (χ0) is 12.4. The standard InChI is InChI=1S/C12H19N3O2/c1-4-17-12(16)10-7-13-6-9(10)11-8(2)5-14-15(11)3/h5,9-10,13H,4,6-7H2,1-3H3. The second-order valence-corrected chi connectivity index (χ2v) is 4.46. The van der Waals surface area contributed by atoms with Crippen LogP contribution in [0.1, 0.15) is 24.1 Å². The van der Waals surface area contributed by atoms with Crippen molar-refractivity contribution in [3.8, 4) is 0 Å². The third kappa shape index (κ3) is 2.20. The molecule has 0 aromatic carbocycles. The highest BCUT2D eigenvalue weighted by Crippen LogP contribution is 2.30. The van der Waals surface area contributed by atoms with Crippen LogP contribution in [0.4, 0.5) is 0 Å². The lowest BCUT2D eigenvalue weighted by Crippen LogP contribution is -2.25. The number of ether oxygens (including phenoxy) is 1. The van der Waals surface area contributed by atoms with Gasteiger partial charge in [0.2, 0.25) is 0 Å². The summed E-state index contributed by atoms with van der Waals surface area (Å²) in [5, 5.41) is 7.50. The normalized spacial score (nSPS) is 23.9. The summed E-state index contributed by atoms with van der Waals surface area (Å²) in [6, 6.07) is 0. The van der Waals surface area contributed by atoms with Gasteiger partial charge in [0.15, 0.2) is 0 Å². The highest BCUT2D eigenvalue weighted by Gasteiger charge is 2.37. The molecule has 2 rings (SSSR count). The fourth-order valence-electron chi connectivity index (χ4n) is 2.55. The van der Waals surface area contributed by atoms with Crippen LogP contribution in [0.25, 0.3) is 0 Å². The largest absolute Gasteiger partial charge is 0.466 e. The fourth-order valence-corrected chi connectivity index (χ4v) is 2.55. The first kappa shape index (κ1) is 12.1. The number of nitrogens with zero attached hydrogens (tertiary/aromatic N) is 2.